The number of hydrogen-bond donors (Lipinski definition) is 1. The van der Waals surface area contributed by atoms with Crippen LogP contribution in [0.4, 0.5) is 4.39 Å². The Bertz CT molecular complexity index is 314. The van der Waals surface area contributed by atoms with E-state index >= 15 is 0 Å². The third kappa shape index (κ3) is 3.20. The van der Waals surface area contributed by atoms with Crippen LogP contribution >= 0.6 is 0 Å². The van der Waals surface area contributed by atoms with Gasteiger partial charge in [-0.2, -0.15) is 0 Å². The molecule has 0 amide bonds. The van der Waals surface area contributed by atoms with E-state index in [4.69, 9.17) is 10.5 Å². The average molecular weight is 211 g/mol. The van der Waals surface area contributed by atoms with Crippen molar-refractivity contribution in [3.63, 3.8) is 0 Å². The highest BCUT2D eigenvalue weighted by Crippen LogP contribution is 2.22. The Morgan fingerprint density at radius 3 is 2.80 bits per heavy atom. The molecule has 0 aliphatic carbocycles. The molecule has 1 unspecified atom stereocenters. The van der Waals surface area contributed by atoms with Gasteiger partial charge in [-0.3, -0.25) is 0 Å². The molecule has 0 saturated heterocycles. The van der Waals surface area contributed by atoms with Crippen LogP contribution in [0.25, 0.3) is 0 Å². The van der Waals surface area contributed by atoms with E-state index in [0.717, 1.165) is 12.0 Å². The molecule has 2 N–H and O–H groups in total. The van der Waals surface area contributed by atoms with E-state index in [1.54, 1.807) is 12.1 Å². The predicted octanol–water partition coefficient (Wildman–Crippen LogP) is 2.71. The van der Waals surface area contributed by atoms with Crippen LogP contribution < -0.4 is 10.5 Å². The summed E-state index contributed by atoms with van der Waals surface area (Å²) in [5.74, 6) is 0.400. The second kappa shape index (κ2) is 5.71. The minimum atomic E-state index is -0.332. The third-order valence-corrected chi connectivity index (χ3v) is 2.48. The minimum Gasteiger partial charge on any atom is -0.490 e. The van der Waals surface area contributed by atoms with E-state index in [2.05, 4.69) is 13.8 Å². The van der Waals surface area contributed by atoms with Gasteiger partial charge >= 0.3 is 0 Å². The van der Waals surface area contributed by atoms with Crippen molar-refractivity contribution in [1.82, 2.24) is 0 Å². The van der Waals surface area contributed by atoms with Crippen LogP contribution in [-0.4, -0.2) is 6.61 Å². The van der Waals surface area contributed by atoms with Crippen LogP contribution in [0, 0.1) is 11.7 Å². The molecule has 1 aromatic carbocycles. The van der Waals surface area contributed by atoms with Crippen molar-refractivity contribution >= 4 is 0 Å². The summed E-state index contributed by atoms with van der Waals surface area (Å²) >= 11 is 0. The normalized spacial score (nSPS) is 12.5. The first kappa shape index (κ1) is 12.0. The fourth-order valence-electron chi connectivity index (χ4n) is 1.22. The highest BCUT2D eigenvalue weighted by molar-refractivity contribution is 5.34. The van der Waals surface area contributed by atoms with Gasteiger partial charge in [-0.25, -0.2) is 4.39 Å². The highest BCUT2D eigenvalue weighted by atomic mass is 19.1. The van der Waals surface area contributed by atoms with E-state index in [9.17, 15) is 4.39 Å². The molecule has 84 valence electrons. The lowest BCUT2D eigenvalue weighted by Gasteiger charge is -2.14. The molecule has 0 spiro atoms. The first-order valence-corrected chi connectivity index (χ1v) is 5.29. The summed E-state index contributed by atoms with van der Waals surface area (Å²) in [4.78, 5) is 0. The quantitative estimate of drug-likeness (QED) is 0.812. The van der Waals surface area contributed by atoms with Crippen LogP contribution in [0.5, 0.6) is 5.75 Å². The Kier molecular flexibility index (Phi) is 4.56. The second-order valence-corrected chi connectivity index (χ2v) is 3.76. The van der Waals surface area contributed by atoms with Gasteiger partial charge < -0.3 is 10.5 Å². The van der Waals surface area contributed by atoms with Gasteiger partial charge in [0, 0.05) is 12.1 Å². The summed E-state index contributed by atoms with van der Waals surface area (Å²) in [5.41, 5.74) is 6.23. The number of benzene rings is 1. The lowest BCUT2D eigenvalue weighted by molar-refractivity contribution is 0.244. The van der Waals surface area contributed by atoms with Gasteiger partial charge in [0.1, 0.15) is 0 Å². The van der Waals surface area contributed by atoms with Crippen LogP contribution in [0.3, 0.4) is 0 Å². The lowest BCUT2D eigenvalue weighted by Crippen LogP contribution is -2.11. The smallest absolute Gasteiger partial charge is 0.165 e. The monoisotopic (exact) mass is 211 g/mol. The maximum atomic E-state index is 13.4. The molecule has 1 rings (SSSR count). The number of ether oxygens (including phenoxy) is 1. The average Bonchev–Trinajstić information content (AvgIpc) is 2.26. The summed E-state index contributed by atoms with van der Waals surface area (Å²) in [5, 5.41) is 0. The van der Waals surface area contributed by atoms with Crippen molar-refractivity contribution in [3.05, 3.63) is 29.6 Å². The van der Waals surface area contributed by atoms with E-state index in [0.29, 0.717) is 24.8 Å². The zero-order valence-electron chi connectivity index (χ0n) is 9.29. The van der Waals surface area contributed by atoms with E-state index in [1.165, 1.54) is 6.07 Å². The summed E-state index contributed by atoms with van der Waals surface area (Å²) in [7, 11) is 0. The van der Waals surface area contributed by atoms with E-state index < -0.39 is 0 Å². The molecular weight excluding hydrogens is 193 g/mol. The molecular formula is C12H18FNO. The third-order valence-electron chi connectivity index (χ3n) is 2.48. The van der Waals surface area contributed by atoms with Gasteiger partial charge in [-0.1, -0.05) is 32.4 Å². The zero-order chi connectivity index (χ0) is 11.3. The summed E-state index contributed by atoms with van der Waals surface area (Å²) < 4.78 is 18.9. The van der Waals surface area contributed by atoms with Crippen LogP contribution in [0.1, 0.15) is 25.8 Å². The van der Waals surface area contributed by atoms with Crippen LogP contribution in [-0.2, 0) is 6.54 Å². The maximum absolute atomic E-state index is 13.4. The van der Waals surface area contributed by atoms with Crippen molar-refractivity contribution in [1.29, 1.82) is 0 Å². The number of halogens is 1. The molecule has 3 heteroatoms. The standard InChI is InChI=1S/C12H18FNO/c1-3-9(2)8-15-12-10(7-14)5-4-6-11(12)13/h4-6,9H,3,7-8,14H2,1-2H3. The van der Waals surface area contributed by atoms with Gasteiger partial charge in [-0.05, 0) is 12.0 Å². The molecule has 1 aromatic rings. The van der Waals surface area contributed by atoms with E-state index in [1.807, 2.05) is 0 Å². The molecule has 0 aliphatic heterocycles. The fourth-order valence-corrected chi connectivity index (χ4v) is 1.22. The first-order valence-electron chi connectivity index (χ1n) is 5.29. The molecule has 0 aliphatic rings. The Hall–Kier alpha value is -1.09. The number of hydrogen-bond acceptors (Lipinski definition) is 2. The highest BCUT2D eigenvalue weighted by Gasteiger charge is 2.09. The van der Waals surface area contributed by atoms with Crippen molar-refractivity contribution in [2.24, 2.45) is 11.7 Å². The van der Waals surface area contributed by atoms with Crippen LogP contribution in [0.2, 0.25) is 0 Å². The van der Waals surface area contributed by atoms with Crippen molar-refractivity contribution in [3.8, 4) is 5.75 Å². The molecule has 0 bridgehead atoms. The predicted molar refractivity (Wildman–Crippen MR) is 59.2 cm³/mol. The number of para-hydroxylation sites is 1. The van der Waals surface area contributed by atoms with Gasteiger partial charge in [0.15, 0.2) is 11.6 Å². The first-order chi connectivity index (χ1) is 7.19. The van der Waals surface area contributed by atoms with Gasteiger partial charge in [-0.15, -0.1) is 0 Å². The SMILES string of the molecule is CCC(C)COc1c(F)cccc1CN. The van der Waals surface area contributed by atoms with Crippen molar-refractivity contribution in [2.75, 3.05) is 6.61 Å². The molecule has 0 fully saturated rings. The fraction of sp³-hybridized carbons (Fsp3) is 0.500. The molecule has 0 heterocycles. The molecule has 2 nitrogen and oxygen atoms in total. The van der Waals surface area contributed by atoms with Gasteiger partial charge in [0.25, 0.3) is 0 Å². The molecule has 15 heavy (non-hydrogen) atoms. The van der Waals surface area contributed by atoms with Crippen LogP contribution in [0.15, 0.2) is 18.2 Å². The number of rotatable bonds is 5. The van der Waals surface area contributed by atoms with E-state index in [-0.39, 0.29) is 5.82 Å². The second-order valence-electron chi connectivity index (χ2n) is 3.76. The Labute approximate surface area is 90.2 Å². The lowest BCUT2D eigenvalue weighted by atomic mass is 10.1. The zero-order valence-corrected chi connectivity index (χ0v) is 9.29. The Morgan fingerprint density at radius 1 is 1.47 bits per heavy atom. The summed E-state index contributed by atoms with van der Waals surface area (Å²) in [6.07, 6.45) is 1.02. The summed E-state index contributed by atoms with van der Waals surface area (Å²) in [6.45, 7) is 4.99. The largest absolute Gasteiger partial charge is 0.490 e. The maximum Gasteiger partial charge on any atom is 0.165 e. The Morgan fingerprint density at radius 2 is 2.20 bits per heavy atom. The van der Waals surface area contributed by atoms with Gasteiger partial charge in [0.05, 0.1) is 6.61 Å². The minimum absolute atomic E-state index is 0.299. The molecule has 0 aromatic heterocycles. The number of nitrogens with two attached hydrogens (primary N) is 1. The summed E-state index contributed by atoms with van der Waals surface area (Å²) in [6, 6.07) is 4.83. The van der Waals surface area contributed by atoms with Crippen molar-refractivity contribution < 1.29 is 9.13 Å². The molecule has 1 atom stereocenters. The Balaban J connectivity index is 2.74. The van der Waals surface area contributed by atoms with Gasteiger partial charge in [0.2, 0.25) is 0 Å². The molecule has 0 saturated carbocycles. The molecule has 0 radical (unpaired) electrons. The van der Waals surface area contributed by atoms with Crippen molar-refractivity contribution in [2.45, 2.75) is 26.8 Å². The topological polar surface area (TPSA) is 35.2 Å².